The smallest absolute Gasteiger partial charge is 0.330 e. The second-order valence-corrected chi connectivity index (χ2v) is 6.83. The topological polar surface area (TPSA) is 131 Å². The molecule has 3 N–H and O–H groups in total. The van der Waals surface area contributed by atoms with Crippen LogP contribution in [-0.4, -0.2) is 43.7 Å². The van der Waals surface area contributed by atoms with Gasteiger partial charge in [-0.25, -0.2) is 4.79 Å². The normalized spacial score (nSPS) is 22.8. The van der Waals surface area contributed by atoms with Gasteiger partial charge in [0.15, 0.2) is 5.76 Å². The molecule has 1 aliphatic rings. The van der Waals surface area contributed by atoms with Gasteiger partial charge in [-0.15, -0.1) is 11.3 Å². The van der Waals surface area contributed by atoms with E-state index in [-0.39, 0.29) is 24.4 Å². The van der Waals surface area contributed by atoms with Crippen molar-refractivity contribution in [2.24, 2.45) is 0 Å². The molecule has 0 aromatic carbocycles. The number of aliphatic hydroxyl groups is 2. The van der Waals surface area contributed by atoms with Gasteiger partial charge in [-0.3, -0.25) is 14.3 Å². The van der Waals surface area contributed by atoms with Crippen molar-refractivity contribution in [1.82, 2.24) is 14.7 Å². The maximum absolute atomic E-state index is 12.2. The van der Waals surface area contributed by atoms with Crippen LogP contribution in [0, 0.1) is 0 Å². The van der Waals surface area contributed by atoms with Crippen LogP contribution in [0.15, 0.2) is 43.9 Å². The van der Waals surface area contributed by atoms with E-state index in [0.717, 1.165) is 4.88 Å². The largest absolute Gasteiger partial charge is 0.394 e. The van der Waals surface area contributed by atoms with E-state index in [1.54, 1.807) is 6.07 Å². The predicted octanol–water partition coefficient (Wildman–Crippen LogP) is 0.561. The zero-order valence-corrected chi connectivity index (χ0v) is 14.2. The molecule has 3 atom stereocenters. The number of hydrogen-bond acceptors (Lipinski definition) is 8. The molecule has 26 heavy (non-hydrogen) atoms. The zero-order valence-electron chi connectivity index (χ0n) is 13.4. The molecule has 4 rings (SSSR count). The van der Waals surface area contributed by atoms with Crippen LogP contribution in [0.5, 0.6) is 0 Å². The van der Waals surface area contributed by atoms with Gasteiger partial charge in [0.1, 0.15) is 23.6 Å². The van der Waals surface area contributed by atoms with E-state index in [4.69, 9.17) is 9.26 Å². The van der Waals surface area contributed by atoms with Crippen molar-refractivity contribution in [1.29, 1.82) is 0 Å². The molecule has 1 fully saturated rings. The van der Waals surface area contributed by atoms with Crippen molar-refractivity contribution in [3.63, 3.8) is 0 Å². The van der Waals surface area contributed by atoms with Gasteiger partial charge < -0.3 is 19.5 Å². The van der Waals surface area contributed by atoms with Crippen LogP contribution >= 0.6 is 11.3 Å². The standard InChI is InChI=1S/C16H15N3O6S/c20-7-12-10(21)5-14(24-12)19-6-8(15(22)17-16(19)23)11-4-9(18-25-11)13-2-1-3-26-13/h1-4,6,10,12,14,20-21H,5,7H2,(H,17,22,23)/t10-,12+,14+/m0/s1. The summed E-state index contributed by atoms with van der Waals surface area (Å²) in [6, 6.07) is 5.37. The highest BCUT2D eigenvalue weighted by atomic mass is 32.1. The van der Waals surface area contributed by atoms with Crippen molar-refractivity contribution < 1.29 is 19.5 Å². The quantitative estimate of drug-likeness (QED) is 0.605. The Labute approximate surface area is 150 Å². The Balaban J connectivity index is 1.72. The molecule has 0 saturated carbocycles. The van der Waals surface area contributed by atoms with Crippen LogP contribution < -0.4 is 11.2 Å². The highest BCUT2D eigenvalue weighted by Crippen LogP contribution is 2.30. The maximum Gasteiger partial charge on any atom is 0.330 e. The third-order valence-electron chi connectivity index (χ3n) is 4.21. The average Bonchev–Trinajstić information content (AvgIpc) is 3.35. The Kier molecular flexibility index (Phi) is 4.32. The second kappa shape index (κ2) is 6.65. The Hall–Kier alpha value is -2.53. The van der Waals surface area contributed by atoms with Gasteiger partial charge in [0.05, 0.1) is 17.6 Å². The number of aliphatic hydroxyl groups excluding tert-OH is 2. The van der Waals surface area contributed by atoms with Gasteiger partial charge in [-0.05, 0) is 11.4 Å². The number of ether oxygens (including phenoxy) is 1. The van der Waals surface area contributed by atoms with E-state index >= 15 is 0 Å². The van der Waals surface area contributed by atoms with Gasteiger partial charge in [-0.2, -0.15) is 0 Å². The van der Waals surface area contributed by atoms with Gasteiger partial charge >= 0.3 is 5.69 Å². The molecule has 4 heterocycles. The van der Waals surface area contributed by atoms with E-state index in [0.29, 0.717) is 5.69 Å². The number of nitrogens with zero attached hydrogens (tertiary/aromatic N) is 2. The SMILES string of the molecule is O=c1[nH]c(=O)n([C@H]2C[C@H](O)[C@@H](CO)O2)cc1-c1cc(-c2cccs2)no1. The van der Waals surface area contributed by atoms with Crippen LogP contribution in [0.2, 0.25) is 0 Å². The van der Waals surface area contributed by atoms with Crippen molar-refractivity contribution in [3.8, 4) is 21.9 Å². The molecule has 3 aromatic heterocycles. The molecule has 0 spiro atoms. The van der Waals surface area contributed by atoms with E-state index in [1.165, 1.54) is 22.1 Å². The zero-order chi connectivity index (χ0) is 18.3. The molecule has 10 heteroatoms. The molecule has 0 amide bonds. The first-order valence-corrected chi connectivity index (χ1v) is 8.75. The highest BCUT2D eigenvalue weighted by Gasteiger charge is 2.35. The minimum atomic E-state index is -0.900. The molecule has 9 nitrogen and oxygen atoms in total. The molecular formula is C16H15N3O6S. The summed E-state index contributed by atoms with van der Waals surface area (Å²) in [6.45, 7) is -0.366. The van der Waals surface area contributed by atoms with Gasteiger partial charge in [0.2, 0.25) is 0 Å². The molecule has 0 bridgehead atoms. The lowest BCUT2D eigenvalue weighted by Gasteiger charge is -2.14. The molecule has 1 saturated heterocycles. The third kappa shape index (κ3) is 2.92. The first kappa shape index (κ1) is 16.9. The van der Waals surface area contributed by atoms with Crippen LogP contribution in [0.1, 0.15) is 12.6 Å². The van der Waals surface area contributed by atoms with E-state index in [2.05, 4.69) is 10.1 Å². The van der Waals surface area contributed by atoms with Gasteiger partial charge in [0, 0.05) is 18.7 Å². The first-order valence-electron chi connectivity index (χ1n) is 7.87. The monoisotopic (exact) mass is 377 g/mol. The molecule has 136 valence electrons. The van der Waals surface area contributed by atoms with Crippen LogP contribution in [-0.2, 0) is 4.74 Å². The molecular weight excluding hydrogens is 362 g/mol. The van der Waals surface area contributed by atoms with Crippen LogP contribution in [0.25, 0.3) is 21.9 Å². The maximum atomic E-state index is 12.2. The predicted molar refractivity (Wildman–Crippen MR) is 91.8 cm³/mol. The number of thiophene rings is 1. The number of nitrogens with one attached hydrogen (secondary N) is 1. The Morgan fingerprint density at radius 2 is 2.27 bits per heavy atom. The van der Waals surface area contributed by atoms with E-state index in [1.807, 2.05) is 17.5 Å². The third-order valence-corrected chi connectivity index (χ3v) is 5.10. The lowest BCUT2D eigenvalue weighted by Crippen LogP contribution is -2.33. The number of H-pyrrole nitrogens is 1. The summed E-state index contributed by atoms with van der Waals surface area (Å²) in [7, 11) is 0. The lowest BCUT2D eigenvalue weighted by atomic mass is 10.2. The molecule has 0 radical (unpaired) electrons. The lowest BCUT2D eigenvalue weighted by molar-refractivity contribution is -0.0458. The van der Waals surface area contributed by atoms with Crippen LogP contribution in [0.3, 0.4) is 0 Å². The second-order valence-electron chi connectivity index (χ2n) is 5.88. The molecule has 0 aliphatic carbocycles. The summed E-state index contributed by atoms with van der Waals surface area (Å²) in [5.41, 5.74) is -0.588. The van der Waals surface area contributed by atoms with Crippen molar-refractivity contribution >= 4 is 11.3 Å². The minimum Gasteiger partial charge on any atom is -0.394 e. The van der Waals surface area contributed by atoms with Gasteiger partial charge in [-0.1, -0.05) is 11.2 Å². The molecule has 1 aliphatic heterocycles. The number of rotatable bonds is 4. The van der Waals surface area contributed by atoms with Crippen LogP contribution in [0.4, 0.5) is 0 Å². The summed E-state index contributed by atoms with van der Waals surface area (Å²) in [6.07, 6.45) is -1.05. The highest BCUT2D eigenvalue weighted by molar-refractivity contribution is 7.13. The summed E-state index contributed by atoms with van der Waals surface area (Å²) in [4.78, 5) is 27.5. The van der Waals surface area contributed by atoms with Crippen molar-refractivity contribution in [2.45, 2.75) is 24.9 Å². The summed E-state index contributed by atoms with van der Waals surface area (Å²) < 4.78 is 11.9. The Morgan fingerprint density at radius 1 is 1.42 bits per heavy atom. The number of aromatic nitrogens is 3. The molecule has 0 unspecified atom stereocenters. The average molecular weight is 377 g/mol. The summed E-state index contributed by atoms with van der Waals surface area (Å²) in [5, 5.41) is 24.9. The fourth-order valence-electron chi connectivity index (χ4n) is 2.87. The van der Waals surface area contributed by atoms with Gasteiger partial charge in [0.25, 0.3) is 5.56 Å². The number of hydrogen-bond donors (Lipinski definition) is 3. The summed E-state index contributed by atoms with van der Waals surface area (Å²) >= 11 is 1.48. The fourth-order valence-corrected chi connectivity index (χ4v) is 3.55. The first-order chi connectivity index (χ1) is 12.6. The Bertz CT molecular complexity index is 1020. The van der Waals surface area contributed by atoms with E-state index in [9.17, 15) is 19.8 Å². The van der Waals surface area contributed by atoms with E-state index < -0.39 is 29.7 Å². The molecule has 3 aromatic rings. The van der Waals surface area contributed by atoms with Crippen molar-refractivity contribution in [3.05, 3.63) is 50.6 Å². The van der Waals surface area contributed by atoms with Crippen molar-refractivity contribution in [2.75, 3.05) is 6.61 Å². The Morgan fingerprint density at radius 3 is 2.96 bits per heavy atom. The summed E-state index contributed by atoms with van der Waals surface area (Å²) in [5.74, 6) is 0.209. The fraction of sp³-hybridized carbons (Fsp3) is 0.312. The number of aromatic amines is 1. The minimum absolute atomic E-state index is 0.116.